The maximum absolute atomic E-state index is 15.1. The number of hydrogen-bond donors (Lipinski definition) is 5. The molecule has 1 aliphatic carbocycles. The number of aromatic amines is 1. The summed E-state index contributed by atoms with van der Waals surface area (Å²) in [6.07, 6.45) is 7.44. The Bertz CT molecular complexity index is 1620. The number of aliphatic imine (C=N–C) groups is 1. The van der Waals surface area contributed by atoms with Crippen LogP contribution in [-0.2, 0) is 13.0 Å². The van der Waals surface area contributed by atoms with E-state index in [4.69, 9.17) is 28.8 Å². The second kappa shape index (κ2) is 13.1. The molecule has 0 amide bonds. The fraction of sp³-hybridized carbons (Fsp3) is 0.387. The van der Waals surface area contributed by atoms with Crippen LogP contribution in [0.2, 0.25) is 5.02 Å². The number of nitrogens with zero attached hydrogens (tertiary/aromatic N) is 3. The van der Waals surface area contributed by atoms with Crippen LogP contribution in [0.5, 0.6) is 0 Å². The van der Waals surface area contributed by atoms with Gasteiger partial charge in [0, 0.05) is 29.7 Å². The van der Waals surface area contributed by atoms with E-state index in [0.29, 0.717) is 40.4 Å². The van der Waals surface area contributed by atoms with Gasteiger partial charge in [0.25, 0.3) is 0 Å². The first-order chi connectivity index (χ1) is 20.2. The molecule has 1 fully saturated rings. The Morgan fingerprint density at radius 2 is 1.95 bits per heavy atom. The van der Waals surface area contributed by atoms with E-state index in [-0.39, 0.29) is 23.1 Å². The Hall–Kier alpha value is -3.73. The highest BCUT2D eigenvalue weighted by Crippen LogP contribution is 2.35. The lowest BCUT2D eigenvalue weighted by molar-refractivity contribution is 0.519. The first kappa shape index (κ1) is 29.8. The number of rotatable bonds is 13. The van der Waals surface area contributed by atoms with E-state index in [2.05, 4.69) is 20.3 Å². The standard InChI is InChI=1S/C31H38ClFN8O/c1-18(34)3-2-4-20-13-24(28(33)25(32)14-20)27-15-22-17-41(31(42)40-29(22)38-27)23-9-5-19(6-10-23)16-37-12-11-26(21-7-8-21)39-30(35)36/h5-6,9-10,13-15,17-18,21,26,37H,2-4,7-8,11-12,16,34H2,1H3,(H4,35,36,39)(H,38,40,42)/t18-,26+/m0/s1. The van der Waals surface area contributed by atoms with E-state index in [1.54, 1.807) is 24.4 Å². The zero-order chi connectivity index (χ0) is 29.8. The second-order valence-electron chi connectivity index (χ2n) is 11.3. The Balaban J connectivity index is 1.28. The third-order valence-corrected chi connectivity index (χ3v) is 7.93. The zero-order valence-corrected chi connectivity index (χ0v) is 24.5. The van der Waals surface area contributed by atoms with E-state index in [0.717, 1.165) is 43.4 Å². The Morgan fingerprint density at radius 1 is 1.19 bits per heavy atom. The molecular formula is C31H38ClFN8O. The smallest absolute Gasteiger partial charge is 0.354 e. The van der Waals surface area contributed by atoms with Gasteiger partial charge >= 0.3 is 5.69 Å². The predicted molar refractivity (Wildman–Crippen MR) is 167 cm³/mol. The highest BCUT2D eigenvalue weighted by molar-refractivity contribution is 6.31. The molecule has 0 aliphatic heterocycles. The molecule has 4 aromatic rings. The molecule has 2 atom stereocenters. The van der Waals surface area contributed by atoms with Gasteiger partial charge in [-0.1, -0.05) is 23.7 Å². The Labute approximate surface area is 249 Å². The molecule has 1 aliphatic rings. The van der Waals surface area contributed by atoms with Crippen molar-refractivity contribution in [1.29, 1.82) is 0 Å². The summed E-state index contributed by atoms with van der Waals surface area (Å²) in [5.74, 6) is 0.222. The van der Waals surface area contributed by atoms with Crippen LogP contribution in [0.15, 0.2) is 58.4 Å². The molecule has 0 radical (unpaired) electrons. The van der Waals surface area contributed by atoms with Crippen LogP contribution in [0.25, 0.3) is 28.0 Å². The molecule has 5 rings (SSSR count). The van der Waals surface area contributed by atoms with E-state index in [1.807, 2.05) is 31.2 Å². The normalized spacial score (nSPS) is 14.7. The van der Waals surface area contributed by atoms with Crippen LogP contribution in [-0.4, -0.2) is 39.1 Å². The highest BCUT2D eigenvalue weighted by Gasteiger charge is 2.30. The number of benzene rings is 2. The molecule has 2 aromatic heterocycles. The number of aromatic nitrogens is 3. The summed E-state index contributed by atoms with van der Waals surface area (Å²) in [4.78, 5) is 24.6. The van der Waals surface area contributed by atoms with Crippen molar-refractivity contribution in [1.82, 2.24) is 19.9 Å². The number of nitrogens with one attached hydrogen (secondary N) is 2. The van der Waals surface area contributed by atoms with Crippen molar-refractivity contribution < 1.29 is 4.39 Å². The lowest BCUT2D eigenvalue weighted by Crippen LogP contribution is -2.28. The van der Waals surface area contributed by atoms with E-state index < -0.39 is 11.5 Å². The van der Waals surface area contributed by atoms with E-state index in [1.165, 1.54) is 17.4 Å². The fourth-order valence-electron chi connectivity index (χ4n) is 5.27. The summed E-state index contributed by atoms with van der Waals surface area (Å²) < 4.78 is 16.6. The van der Waals surface area contributed by atoms with Crippen molar-refractivity contribution in [3.8, 4) is 16.9 Å². The summed E-state index contributed by atoms with van der Waals surface area (Å²) in [7, 11) is 0. The van der Waals surface area contributed by atoms with Crippen molar-refractivity contribution in [2.45, 2.75) is 64.1 Å². The van der Waals surface area contributed by atoms with Crippen molar-refractivity contribution in [2.24, 2.45) is 28.1 Å². The van der Waals surface area contributed by atoms with Gasteiger partial charge in [-0.15, -0.1) is 0 Å². The van der Waals surface area contributed by atoms with Gasteiger partial charge in [-0.25, -0.2) is 14.2 Å². The fourth-order valence-corrected chi connectivity index (χ4v) is 5.52. The second-order valence-corrected chi connectivity index (χ2v) is 11.7. The molecule has 8 N–H and O–H groups in total. The summed E-state index contributed by atoms with van der Waals surface area (Å²) in [6, 6.07) is 13.2. The van der Waals surface area contributed by atoms with Crippen molar-refractivity contribution >= 4 is 28.6 Å². The van der Waals surface area contributed by atoms with E-state index >= 15 is 4.39 Å². The number of halogens is 2. The number of nitrogens with two attached hydrogens (primary N) is 3. The summed E-state index contributed by atoms with van der Waals surface area (Å²) in [6.45, 7) is 3.45. The molecule has 0 unspecified atom stereocenters. The lowest BCUT2D eigenvalue weighted by atomic mass is 10.0. The Morgan fingerprint density at radius 3 is 2.64 bits per heavy atom. The van der Waals surface area contributed by atoms with Crippen LogP contribution in [0.4, 0.5) is 4.39 Å². The molecule has 9 nitrogen and oxygen atoms in total. The van der Waals surface area contributed by atoms with Gasteiger partial charge in [0.2, 0.25) is 0 Å². The predicted octanol–water partition coefficient (Wildman–Crippen LogP) is 4.37. The number of H-pyrrole nitrogens is 1. The quantitative estimate of drug-likeness (QED) is 0.0882. The molecule has 2 heterocycles. The minimum Gasteiger partial charge on any atom is -0.370 e. The molecular weight excluding hydrogens is 555 g/mol. The van der Waals surface area contributed by atoms with Crippen LogP contribution in [0.3, 0.4) is 0 Å². The largest absolute Gasteiger partial charge is 0.370 e. The van der Waals surface area contributed by atoms with Crippen molar-refractivity contribution in [2.75, 3.05) is 6.54 Å². The van der Waals surface area contributed by atoms with Crippen LogP contribution in [0, 0.1) is 11.7 Å². The third kappa shape index (κ3) is 7.36. The van der Waals surface area contributed by atoms with Gasteiger partial charge in [-0.2, -0.15) is 4.98 Å². The minimum absolute atomic E-state index is 0.0561. The topological polar surface area (TPSA) is 153 Å². The lowest BCUT2D eigenvalue weighted by Gasteiger charge is -2.12. The molecule has 222 valence electrons. The maximum Gasteiger partial charge on any atom is 0.354 e. The monoisotopic (exact) mass is 592 g/mol. The van der Waals surface area contributed by atoms with Gasteiger partial charge in [-0.05, 0) is 99.4 Å². The summed E-state index contributed by atoms with van der Waals surface area (Å²) >= 11 is 6.24. The van der Waals surface area contributed by atoms with Gasteiger partial charge in [-0.3, -0.25) is 4.57 Å². The molecule has 11 heteroatoms. The van der Waals surface area contributed by atoms with Crippen LogP contribution >= 0.6 is 11.6 Å². The SMILES string of the molecule is C[C@H](N)CCCc1cc(Cl)c(F)c(-c2cc3cn(-c4ccc(CNCC[C@@H](N=C(N)N)C5CC5)cc4)c(=O)nc3[nH]2)c1. The molecule has 0 spiro atoms. The highest BCUT2D eigenvalue weighted by atomic mass is 35.5. The van der Waals surface area contributed by atoms with Gasteiger partial charge in [0.1, 0.15) is 5.65 Å². The number of guanidine groups is 1. The molecule has 2 aromatic carbocycles. The molecule has 42 heavy (non-hydrogen) atoms. The average molecular weight is 593 g/mol. The molecule has 0 bridgehead atoms. The number of hydrogen-bond acceptors (Lipinski definition) is 5. The van der Waals surface area contributed by atoms with Gasteiger partial charge in [0.05, 0.1) is 22.4 Å². The van der Waals surface area contributed by atoms with Crippen LogP contribution < -0.4 is 28.2 Å². The zero-order valence-electron chi connectivity index (χ0n) is 23.7. The van der Waals surface area contributed by atoms with Gasteiger partial charge < -0.3 is 27.5 Å². The van der Waals surface area contributed by atoms with Crippen molar-refractivity contribution in [3.05, 3.63) is 81.1 Å². The first-order valence-electron chi connectivity index (χ1n) is 14.4. The third-order valence-electron chi connectivity index (χ3n) is 7.65. The molecule has 0 saturated heterocycles. The Kier molecular flexibility index (Phi) is 9.25. The maximum atomic E-state index is 15.1. The first-order valence-corrected chi connectivity index (χ1v) is 14.8. The van der Waals surface area contributed by atoms with Gasteiger partial charge in [0.15, 0.2) is 11.8 Å². The average Bonchev–Trinajstić information content (AvgIpc) is 3.71. The van der Waals surface area contributed by atoms with Crippen LogP contribution in [0.1, 0.15) is 50.2 Å². The summed E-state index contributed by atoms with van der Waals surface area (Å²) in [5.41, 5.74) is 20.5. The number of aryl methyl sites for hydroxylation is 1. The molecule has 1 saturated carbocycles. The summed E-state index contributed by atoms with van der Waals surface area (Å²) in [5, 5.41) is 4.18. The van der Waals surface area contributed by atoms with E-state index in [9.17, 15) is 4.79 Å². The van der Waals surface area contributed by atoms with Crippen molar-refractivity contribution in [3.63, 3.8) is 0 Å². The number of fused-ring (bicyclic) bond motifs is 1. The minimum atomic E-state index is -0.516.